The van der Waals surface area contributed by atoms with E-state index in [1.54, 1.807) is 6.07 Å². The van der Waals surface area contributed by atoms with Crippen molar-refractivity contribution in [3.8, 4) is 5.75 Å². The van der Waals surface area contributed by atoms with Gasteiger partial charge in [-0.05, 0) is 44.1 Å². The van der Waals surface area contributed by atoms with Gasteiger partial charge in [-0.15, -0.1) is 0 Å². The molecule has 106 valence electrons. The molecule has 6 heteroatoms. The van der Waals surface area contributed by atoms with Crippen molar-refractivity contribution in [3.05, 3.63) is 18.2 Å². The molecule has 1 aromatic carbocycles. The molecule has 19 heavy (non-hydrogen) atoms. The number of nitrogen functional groups attached to an aromatic ring is 1. The highest BCUT2D eigenvalue weighted by Crippen LogP contribution is 2.24. The van der Waals surface area contributed by atoms with Crippen LogP contribution in [-0.2, 0) is 9.84 Å². The molecular formula is C13H20N2O3S. The van der Waals surface area contributed by atoms with Crippen molar-refractivity contribution in [2.75, 3.05) is 38.2 Å². The first-order valence-corrected chi connectivity index (χ1v) is 8.31. The molecule has 0 radical (unpaired) electrons. The molecule has 0 aromatic heterocycles. The molecule has 1 heterocycles. The maximum Gasteiger partial charge on any atom is 0.175 e. The van der Waals surface area contributed by atoms with E-state index >= 15 is 0 Å². The lowest BCUT2D eigenvalue weighted by Gasteiger charge is -2.15. The Labute approximate surface area is 114 Å². The van der Waals surface area contributed by atoms with Gasteiger partial charge in [0.2, 0.25) is 0 Å². The number of nitrogens with two attached hydrogens (primary N) is 1. The third-order valence-corrected chi connectivity index (χ3v) is 4.38. The highest BCUT2D eigenvalue weighted by Gasteiger charge is 2.12. The fourth-order valence-corrected chi connectivity index (χ4v) is 2.84. The van der Waals surface area contributed by atoms with E-state index in [1.807, 2.05) is 0 Å². The molecule has 0 aliphatic carbocycles. The minimum absolute atomic E-state index is 0.219. The summed E-state index contributed by atoms with van der Waals surface area (Å²) in [5.74, 6) is 0.548. The van der Waals surface area contributed by atoms with Crippen LogP contribution in [0.4, 0.5) is 5.69 Å². The molecule has 1 fully saturated rings. The number of anilines is 1. The summed E-state index contributed by atoms with van der Waals surface area (Å²) in [6.45, 7) is 3.72. The number of hydrogen-bond donors (Lipinski definition) is 1. The van der Waals surface area contributed by atoms with Gasteiger partial charge in [0.15, 0.2) is 9.84 Å². The van der Waals surface area contributed by atoms with Crippen molar-refractivity contribution in [3.63, 3.8) is 0 Å². The smallest absolute Gasteiger partial charge is 0.175 e. The first-order chi connectivity index (χ1) is 8.97. The Hall–Kier alpha value is -1.27. The van der Waals surface area contributed by atoms with Crippen LogP contribution >= 0.6 is 0 Å². The van der Waals surface area contributed by atoms with Crippen LogP contribution in [-0.4, -0.2) is 45.8 Å². The molecule has 5 nitrogen and oxygen atoms in total. The Balaban J connectivity index is 1.93. The highest BCUT2D eigenvalue weighted by atomic mass is 32.2. The van der Waals surface area contributed by atoms with Gasteiger partial charge < -0.3 is 10.5 Å². The van der Waals surface area contributed by atoms with E-state index in [2.05, 4.69) is 4.90 Å². The minimum atomic E-state index is -3.22. The third kappa shape index (κ3) is 3.84. The molecule has 0 atom stereocenters. The monoisotopic (exact) mass is 284 g/mol. The van der Waals surface area contributed by atoms with E-state index in [0.29, 0.717) is 18.0 Å². The van der Waals surface area contributed by atoms with Gasteiger partial charge in [-0.3, -0.25) is 4.90 Å². The Kier molecular flexibility index (Phi) is 4.31. The molecular weight excluding hydrogens is 264 g/mol. The van der Waals surface area contributed by atoms with Crippen molar-refractivity contribution in [2.45, 2.75) is 17.7 Å². The Bertz CT molecular complexity index is 537. The summed E-state index contributed by atoms with van der Waals surface area (Å²) in [5, 5.41) is 0. The zero-order chi connectivity index (χ0) is 13.9. The zero-order valence-electron chi connectivity index (χ0n) is 11.1. The molecule has 1 saturated heterocycles. The van der Waals surface area contributed by atoms with Crippen molar-refractivity contribution in [2.24, 2.45) is 0 Å². The molecule has 0 unspecified atom stereocenters. The fourth-order valence-electron chi connectivity index (χ4n) is 2.18. The van der Waals surface area contributed by atoms with E-state index in [-0.39, 0.29) is 4.90 Å². The van der Waals surface area contributed by atoms with E-state index in [9.17, 15) is 8.42 Å². The van der Waals surface area contributed by atoms with Gasteiger partial charge in [-0.2, -0.15) is 0 Å². The fraction of sp³-hybridized carbons (Fsp3) is 0.538. The second-order valence-corrected chi connectivity index (χ2v) is 6.88. The van der Waals surface area contributed by atoms with Crippen LogP contribution in [0, 0.1) is 0 Å². The van der Waals surface area contributed by atoms with Crippen molar-refractivity contribution >= 4 is 15.5 Å². The van der Waals surface area contributed by atoms with Gasteiger partial charge in [0, 0.05) is 12.8 Å². The predicted molar refractivity (Wildman–Crippen MR) is 75.1 cm³/mol. The van der Waals surface area contributed by atoms with Crippen molar-refractivity contribution in [1.82, 2.24) is 4.90 Å². The summed E-state index contributed by atoms with van der Waals surface area (Å²) in [5.41, 5.74) is 6.17. The Morgan fingerprint density at radius 2 is 2.00 bits per heavy atom. The Morgan fingerprint density at radius 3 is 2.58 bits per heavy atom. The average molecular weight is 284 g/mol. The maximum absolute atomic E-state index is 11.4. The Morgan fingerprint density at radius 1 is 1.32 bits per heavy atom. The van der Waals surface area contributed by atoms with Gasteiger partial charge >= 0.3 is 0 Å². The quantitative estimate of drug-likeness (QED) is 0.821. The van der Waals surface area contributed by atoms with Crippen LogP contribution in [0.1, 0.15) is 12.8 Å². The lowest BCUT2D eigenvalue weighted by atomic mass is 10.3. The third-order valence-electron chi connectivity index (χ3n) is 3.27. The summed E-state index contributed by atoms with van der Waals surface area (Å²) in [6, 6.07) is 4.59. The molecule has 0 bridgehead atoms. The topological polar surface area (TPSA) is 72.6 Å². The van der Waals surface area contributed by atoms with Crippen LogP contribution < -0.4 is 10.5 Å². The molecule has 2 rings (SSSR count). The first kappa shape index (κ1) is 14.1. The predicted octanol–water partition coefficient (Wildman–Crippen LogP) is 1.15. The highest BCUT2D eigenvalue weighted by molar-refractivity contribution is 7.90. The van der Waals surface area contributed by atoms with Gasteiger partial charge in [0.25, 0.3) is 0 Å². The molecule has 1 aliphatic heterocycles. The lowest BCUT2D eigenvalue weighted by Crippen LogP contribution is -2.25. The van der Waals surface area contributed by atoms with E-state index in [1.165, 1.54) is 25.0 Å². The van der Waals surface area contributed by atoms with Gasteiger partial charge in [-0.25, -0.2) is 8.42 Å². The number of nitrogens with zero attached hydrogens (tertiary/aromatic N) is 1. The number of sulfone groups is 1. The second kappa shape index (κ2) is 5.79. The number of hydrogen-bond acceptors (Lipinski definition) is 5. The summed E-state index contributed by atoms with van der Waals surface area (Å²) in [6.07, 6.45) is 3.67. The van der Waals surface area contributed by atoms with E-state index in [4.69, 9.17) is 10.5 Å². The molecule has 2 N–H and O–H groups in total. The molecule has 0 spiro atoms. The maximum atomic E-state index is 11.4. The van der Waals surface area contributed by atoms with Crippen LogP contribution in [0.15, 0.2) is 23.1 Å². The number of ether oxygens (including phenoxy) is 1. The summed E-state index contributed by atoms with van der Waals surface area (Å²) in [7, 11) is -3.22. The number of benzene rings is 1. The number of likely N-dealkylation sites (tertiary alicyclic amines) is 1. The lowest BCUT2D eigenvalue weighted by molar-refractivity contribution is 0.238. The molecule has 1 aromatic rings. The van der Waals surface area contributed by atoms with Crippen molar-refractivity contribution in [1.29, 1.82) is 0 Å². The van der Waals surface area contributed by atoms with Crippen LogP contribution in [0.5, 0.6) is 5.75 Å². The molecule has 1 aliphatic rings. The van der Waals surface area contributed by atoms with E-state index < -0.39 is 9.84 Å². The first-order valence-electron chi connectivity index (χ1n) is 6.41. The van der Waals surface area contributed by atoms with Crippen LogP contribution in [0.2, 0.25) is 0 Å². The van der Waals surface area contributed by atoms with Gasteiger partial charge in [0.05, 0.1) is 10.6 Å². The summed E-state index contributed by atoms with van der Waals surface area (Å²) < 4.78 is 28.4. The zero-order valence-corrected chi connectivity index (χ0v) is 11.9. The summed E-state index contributed by atoms with van der Waals surface area (Å²) in [4.78, 5) is 2.57. The summed E-state index contributed by atoms with van der Waals surface area (Å²) >= 11 is 0. The number of rotatable bonds is 5. The normalized spacial score (nSPS) is 16.7. The minimum Gasteiger partial charge on any atom is -0.490 e. The largest absolute Gasteiger partial charge is 0.490 e. The van der Waals surface area contributed by atoms with Gasteiger partial charge in [-0.1, -0.05) is 0 Å². The SMILES string of the molecule is CS(=O)(=O)c1ccc(OCCN2CCCC2)c(N)c1. The second-order valence-electron chi connectivity index (χ2n) is 4.87. The van der Waals surface area contributed by atoms with Crippen molar-refractivity contribution < 1.29 is 13.2 Å². The van der Waals surface area contributed by atoms with Crippen LogP contribution in [0.3, 0.4) is 0 Å². The molecule has 0 saturated carbocycles. The average Bonchev–Trinajstić information content (AvgIpc) is 2.83. The molecule has 0 amide bonds. The standard InChI is InChI=1S/C13H20N2O3S/c1-19(16,17)11-4-5-13(12(14)10-11)18-9-8-15-6-2-3-7-15/h4-5,10H,2-3,6-9,14H2,1H3. The van der Waals surface area contributed by atoms with Crippen LogP contribution in [0.25, 0.3) is 0 Å². The van der Waals surface area contributed by atoms with Gasteiger partial charge in [0.1, 0.15) is 12.4 Å². The van der Waals surface area contributed by atoms with E-state index in [0.717, 1.165) is 25.9 Å².